The van der Waals surface area contributed by atoms with Crippen molar-refractivity contribution in [2.45, 2.75) is 37.9 Å². The number of rotatable bonds is 4. The molecule has 0 spiro atoms. The summed E-state index contributed by atoms with van der Waals surface area (Å²) in [4.78, 5) is 0. The lowest BCUT2D eigenvalue weighted by molar-refractivity contribution is 0.00469. The minimum absolute atomic E-state index is 0.490. The Morgan fingerprint density at radius 2 is 1.33 bits per heavy atom. The van der Waals surface area contributed by atoms with Gasteiger partial charge in [-0.1, -0.05) is 0 Å². The Morgan fingerprint density at radius 1 is 0.889 bits per heavy atom. The smallest absolute Gasteiger partial charge is 0.209 e. The van der Waals surface area contributed by atoms with E-state index in [1.807, 2.05) is 0 Å². The lowest BCUT2D eigenvalue weighted by Crippen LogP contribution is -1.95. The van der Waals surface area contributed by atoms with Crippen molar-refractivity contribution >= 4 is 0 Å². The number of hydrogen-bond donors (Lipinski definition) is 0. The summed E-state index contributed by atoms with van der Waals surface area (Å²) in [6, 6.07) is 0. The molecule has 0 saturated heterocycles. The van der Waals surface area contributed by atoms with Gasteiger partial charge in [-0.15, -0.1) is 0 Å². The van der Waals surface area contributed by atoms with E-state index in [0.29, 0.717) is 12.2 Å². The Balaban J connectivity index is 1.46. The minimum Gasteiger partial charge on any atom is -0.345 e. The zero-order valence-corrected chi connectivity index (χ0v) is 5.38. The van der Waals surface area contributed by atoms with Gasteiger partial charge in [0.25, 0.3) is 0 Å². The molecule has 0 heterocycles. The van der Waals surface area contributed by atoms with Gasteiger partial charge in [-0.2, -0.15) is 0 Å². The van der Waals surface area contributed by atoms with Crippen molar-refractivity contribution in [3.05, 3.63) is 6.79 Å². The van der Waals surface area contributed by atoms with E-state index in [1.54, 1.807) is 0 Å². The van der Waals surface area contributed by atoms with Crippen LogP contribution in [0.5, 0.6) is 0 Å². The molecular weight excluding hydrogens is 116 g/mol. The van der Waals surface area contributed by atoms with E-state index in [9.17, 15) is 0 Å². The fourth-order valence-corrected chi connectivity index (χ4v) is 0.597. The van der Waals surface area contributed by atoms with E-state index in [2.05, 4.69) is 0 Å². The molecule has 1 radical (unpaired) electrons. The molecular formula is C7H11O2. The summed E-state index contributed by atoms with van der Waals surface area (Å²) in [5, 5.41) is 0. The zero-order valence-electron chi connectivity index (χ0n) is 5.38. The average molecular weight is 127 g/mol. The van der Waals surface area contributed by atoms with Crippen LogP contribution in [-0.4, -0.2) is 12.2 Å². The van der Waals surface area contributed by atoms with Crippen LogP contribution in [0.2, 0.25) is 0 Å². The van der Waals surface area contributed by atoms with Gasteiger partial charge in [0.2, 0.25) is 6.79 Å². The van der Waals surface area contributed by atoms with Crippen molar-refractivity contribution < 1.29 is 9.47 Å². The molecule has 2 fully saturated rings. The zero-order chi connectivity index (χ0) is 6.10. The van der Waals surface area contributed by atoms with Gasteiger partial charge in [0.15, 0.2) is 0 Å². The normalized spacial score (nSPS) is 26.7. The highest BCUT2D eigenvalue weighted by atomic mass is 16.7. The van der Waals surface area contributed by atoms with Crippen molar-refractivity contribution in [1.82, 2.24) is 0 Å². The monoisotopic (exact) mass is 127 g/mol. The van der Waals surface area contributed by atoms with E-state index in [-0.39, 0.29) is 0 Å². The molecule has 0 aromatic rings. The minimum atomic E-state index is 0.490. The lowest BCUT2D eigenvalue weighted by atomic mass is 10.8. The summed E-state index contributed by atoms with van der Waals surface area (Å²) >= 11 is 0. The van der Waals surface area contributed by atoms with E-state index in [4.69, 9.17) is 9.47 Å². The van der Waals surface area contributed by atoms with Crippen LogP contribution in [0.4, 0.5) is 0 Å². The van der Waals surface area contributed by atoms with Crippen LogP contribution in [-0.2, 0) is 9.47 Å². The molecule has 2 aliphatic rings. The second kappa shape index (κ2) is 2.27. The predicted octanol–water partition coefficient (Wildman–Crippen LogP) is 1.46. The van der Waals surface area contributed by atoms with E-state index < -0.39 is 0 Å². The Hall–Kier alpha value is -0.0800. The quantitative estimate of drug-likeness (QED) is 0.569. The standard InChI is InChI=1S/C7H11O2/c1-2-6(1)8-5-9-7-3-4-7/h5-7H,1-4H2. The van der Waals surface area contributed by atoms with Crippen molar-refractivity contribution in [3.63, 3.8) is 0 Å². The number of ether oxygens (including phenoxy) is 2. The molecule has 2 heteroatoms. The lowest BCUT2D eigenvalue weighted by Gasteiger charge is -1.98. The van der Waals surface area contributed by atoms with Gasteiger partial charge in [-0.05, 0) is 25.7 Å². The Kier molecular flexibility index (Phi) is 1.44. The van der Waals surface area contributed by atoms with Crippen LogP contribution >= 0.6 is 0 Å². The van der Waals surface area contributed by atoms with E-state index in [0.717, 1.165) is 0 Å². The molecule has 51 valence electrons. The molecule has 0 N–H and O–H groups in total. The van der Waals surface area contributed by atoms with Gasteiger partial charge in [-0.3, -0.25) is 0 Å². The molecule has 0 atom stereocenters. The van der Waals surface area contributed by atoms with Gasteiger partial charge in [0, 0.05) is 0 Å². The first-order valence-electron chi connectivity index (χ1n) is 3.58. The van der Waals surface area contributed by atoms with Crippen LogP contribution in [0.25, 0.3) is 0 Å². The summed E-state index contributed by atoms with van der Waals surface area (Å²) < 4.78 is 10.3. The third kappa shape index (κ3) is 1.95. The SMILES string of the molecule is [CH](OC1CC1)OC1CC1. The fraction of sp³-hybridized carbons (Fsp3) is 0.857. The van der Waals surface area contributed by atoms with Crippen molar-refractivity contribution in [3.8, 4) is 0 Å². The largest absolute Gasteiger partial charge is 0.345 e. The van der Waals surface area contributed by atoms with E-state index in [1.165, 1.54) is 32.5 Å². The highest BCUT2D eigenvalue weighted by molar-refractivity contribution is 4.76. The first-order valence-corrected chi connectivity index (χ1v) is 3.58. The molecule has 2 saturated carbocycles. The summed E-state index contributed by atoms with van der Waals surface area (Å²) in [5.74, 6) is 0. The van der Waals surface area contributed by atoms with Gasteiger partial charge in [0.05, 0.1) is 12.2 Å². The van der Waals surface area contributed by atoms with E-state index >= 15 is 0 Å². The fourth-order valence-electron chi connectivity index (χ4n) is 0.597. The Labute approximate surface area is 55.1 Å². The van der Waals surface area contributed by atoms with Crippen LogP contribution in [0.1, 0.15) is 25.7 Å². The maximum Gasteiger partial charge on any atom is 0.209 e. The Morgan fingerprint density at radius 3 is 1.67 bits per heavy atom. The molecule has 0 aromatic carbocycles. The van der Waals surface area contributed by atoms with Crippen LogP contribution < -0.4 is 0 Å². The second-order valence-corrected chi connectivity index (χ2v) is 2.77. The summed E-state index contributed by atoms with van der Waals surface area (Å²) in [6.45, 7) is 1.52. The highest BCUT2D eigenvalue weighted by Gasteiger charge is 2.26. The molecule has 0 aliphatic heterocycles. The van der Waals surface area contributed by atoms with Gasteiger partial charge in [0.1, 0.15) is 0 Å². The highest BCUT2D eigenvalue weighted by Crippen LogP contribution is 2.28. The third-order valence-corrected chi connectivity index (χ3v) is 1.54. The molecule has 0 bridgehead atoms. The van der Waals surface area contributed by atoms with Crippen molar-refractivity contribution in [1.29, 1.82) is 0 Å². The molecule has 0 unspecified atom stereocenters. The van der Waals surface area contributed by atoms with Crippen LogP contribution in [0.15, 0.2) is 0 Å². The third-order valence-electron chi connectivity index (χ3n) is 1.54. The van der Waals surface area contributed by atoms with Crippen molar-refractivity contribution in [2.75, 3.05) is 0 Å². The molecule has 2 aliphatic carbocycles. The molecule has 0 amide bonds. The van der Waals surface area contributed by atoms with Crippen LogP contribution in [0, 0.1) is 6.79 Å². The van der Waals surface area contributed by atoms with Crippen LogP contribution in [0.3, 0.4) is 0 Å². The Bertz CT molecular complexity index is 83.1. The predicted molar refractivity (Wildman–Crippen MR) is 32.5 cm³/mol. The topological polar surface area (TPSA) is 18.5 Å². The maximum atomic E-state index is 5.16. The molecule has 0 aromatic heterocycles. The molecule has 2 nitrogen and oxygen atoms in total. The van der Waals surface area contributed by atoms with Gasteiger partial charge >= 0.3 is 0 Å². The average Bonchev–Trinajstić information content (AvgIpc) is 2.57. The van der Waals surface area contributed by atoms with Crippen molar-refractivity contribution in [2.24, 2.45) is 0 Å². The summed E-state index contributed by atoms with van der Waals surface area (Å²) in [6.07, 6.45) is 5.83. The van der Waals surface area contributed by atoms with Gasteiger partial charge in [-0.25, -0.2) is 0 Å². The summed E-state index contributed by atoms with van der Waals surface area (Å²) in [5.41, 5.74) is 0. The first-order chi connectivity index (χ1) is 4.45. The molecule has 2 rings (SSSR count). The summed E-state index contributed by atoms with van der Waals surface area (Å²) in [7, 11) is 0. The number of hydrogen-bond acceptors (Lipinski definition) is 2. The molecule has 9 heavy (non-hydrogen) atoms. The maximum absolute atomic E-state index is 5.16. The van der Waals surface area contributed by atoms with Gasteiger partial charge < -0.3 is 9.47 Å². The first kappa shape index (κ1) is 5.69. The second-order valence-electron chi connectivity index (χ2n) is 2.77.